The molecule has 0 saturated carbocycles. The van der Waals surface area contributed by atoms with Gasteiger partial charge in [-0.05, 0) is 23.8 Å². The molecule has 0 radical (unpaired) electrons. The number of phenols is 1. The van der Waals surface area contributed by atoms with Crippen LogP contribution >= 0.6 is 0 Å². The third kappa shape index (κ3) is 2.75. The average Bonchev–Trinajstić information content (AvgIpc) is 2.94. The van der Waals surface area contributed by atoms with Gasteiger partial charge in [0.25, 0.3) is 0 Å². The van der Waals surface area contributed by atoms with Crippen LogP contribution in [0.2, 0.25) is 0 Å². The van der Waals surface area contributed by atoms with Crippen molar-refractivity contribution < 1.29 is 23.4 Å². The Bertz CT molecular complexity index is 653. The number of benzene rings is 2. The van der Waals surface area contributed by atoms with Crippen LogP contribution in [0.15, 0.2) is 30.3 Å². The van der Waals surface area contributed by atoms with Gasteiger partial charge in [0, 0.05) is 18.7 Å². The second-order valence-electron chi connectivity index (χ2n) is 4.66. The lowest BCUT2D eigenvalue weighted by molar-refractivity contribution is 0.173. The van der Waals surface area contributed by atoms with Crippen molar-refractivity contribution in [2.24, 2.45) is 0 Å². The predicted octanol–water partition coefficient (Wildman–Crippen LogP) is 2.69. The van der Waals surface area contributed by atoms with E-state index in [9.17, 15) is 8.78 Å². The maximum atomic E-state index is 13.2. The summed E-state index contributed by atoms with van der Waals surface area (Å²) in [6.07, 6.45) is 0. The summed E-state index contributed by atoms with van der Waals surface area (Å²) in [6.45, 7) is 0.927. The van der Waals surface area contributed by atoms with Gasteiger partial charge in [0.1, 0.15) is 0 Å². The Kier molecular flexibility index (Phi) is 3.62. The summed E-state index contributed by atoms with van der Waals surface area (Å²) in [5, 5.41) is 12.1. The minimum Gasteiger partial charge on any atom is -0.503 e. The average molecular weight is 293 g/mol. The van der Waals surface area contributed by atoms with Crippen LogP contribution in [0, 0.1) is 11.6 Å². The highest BCUT2D eigenvalue weighted by Gasteiger charge is 2.16. The van der Waals surface area contributed by atoms with E-state index in [1.54, 1.807) is 0 Å². The Morgan fingerprint density at radius 1 is 1.10 bits per heavy atom. The Morgan fingerprint density at radius 2 is 1.86 bits per heavy atom. The molecule has 4 nitrogen and oxygen atoms in total. The first kappa shape index (κ1) is 13.6. The molecule has 0 atom stereocenters. The molecule has 0 saturated heterocycles. The van der Waals surface area contributed by atoms with Crippen molar-refractivity contribution >= 4 is 0 Å². The molecule has 0 aromatic heterocycles. The van der Waals surface area contributed by atoms with E-state index in [-0.39, 0.29) is 13.3 Å². The highest BCUT2D eigenvalue weighted by Crippen LogP contribution is 2.35. The Balaban J connectivity index is 1.66. The molecule has 0 spiro atoms. The summed E-state index contributed by atoms with van der Waals surface area (Å²) in [6, 6.07) is 7.75. The molecule has 0 unspecified atom stereocenters. The van der Waals surface area contributed by atoms with Gasteiger partial charge in [0.05, 0.1) is 0 Å². The fourth-order valence-electron chi connectivity index (χ4n) is 2.19. The van der Waals surface area contributed by atoms with Gasteiger partial charge < -0.3 is 19.9 Å². The minimum absolute atomic E-state index is 0.195. The molecule has 2 N–H and O–H groups in total. The van der Waals surface area contributed by atoms with Crippen LogP contribution in [0.5, 0.6) is 17.2 Å². The van der Waals surface area contributed by atoms with Crippen LogP contribution in [0.1, 0.15) is 11.1 Å². The zero-order valence-corrected chi connectivity index (χ0v) is 11.0. The molecular weight excluding hydrogens is 280 g/mol. The van der Waals surface area contributed by atoms with Crippen molar-refractivity contribution in [1.82, 2.24) is 5.32 Å². The van der Waals surface area contributed by atoms with E-state index in [4.69, 9.17) is 14.6 Å². The first-order valence-corrected chi connectivity index (χ1v) is 6.40. The smallest absolute Gasteiger partial charge is 0.231 e. The summed E-state index contributed by atoms with van der Waals surface area (Å²) in [5.74, 6) is -1.51. The zero-order chi connectivity index (χ0) is 14.8. The van der Waals surface area contributed by atoms with Crippen molar-refractivity contribution in [3.63, 3.8) is 0 Å². The number of para-hydroxylation sites is 1. The molecule has 1 heterocycles. The van der Waals surface area contributed by atoms with E-state index in [0.29, 0.717) is 23.6 Å². The van der Waals surface area contributed by atoms with Gasteiger partial charge in [-0.2, -0.15) is 0 Å². The molecule has 2 aromatic carbocycles. The number of nitrogens with one attached hydrogen (secondary N) is 1. The molecule has 0 fully saturated rings. The molecule has 6 heteroatoms. The van der Waals surface area contributed by atoms with E-state index in [1.165, 1.54) is 0 Å². The normalized spacial score (nSPS) is 12.7. The molecule has 0 aliphatic carbocycles. The first-order chi connectivity index (χ1) is 10.1. The number of phenolic OH excluding ortho intramolecular Hbond substituents is 1. The molecule has 1 aliphatic rings. The van der Waals surface area contributed by atoms with E-state index >= 15 is 0 Å². The third-order valence-electron chi connectivity index (χ3n) is 3.20. The maximum Gasteiger partial charge on any atom is 0.231 e. The number of rotatable bonds is 4. The fourth-order valence-corrected chi connectivity index (χ4v) is 2.19. The van der Waals surface area contributed by atoms with E-state index < -0.39 is 17.4 Å². The number of fused-ring (bicyclic) bond motifs is 1. The third-order valence-corrected chi connectivity index (χ3v) is 3.20. The fraction of sp³-hybridized carbons (Fsp3) is 0.200. The number of halogens is 2. The number of hydrogen-bond acceptors (Lipinski definition) is 4. The van der Waals surface area contributed by atoms with Gasteiger partial charge in [-0.15, -0.1) is 0 Å². The van der Waals surface area contributed by atoms with E-state index in [1.807, 2.05) is 18.2 Å². The van der Waals surface area contributed by atoms with Gasteiger partial charge in [0.15, 0.2) is 28.9 Å². The lowest BCUT2D eigenvalue weighted by Gasteiger charge is -2.08. The van der Waals surface area contributed by atoms with Gasteiger partial charge in [0.2, 0.25) is 6.79 Å². The summed E-state index contributed by atoms with van der Waals surface area (Å²) in [7, 11) is 0. The second kappa shape index (κ2) is 5.57. The zero-order valence-electron chi connectivity index (χ0n) is 11.0. The Hall–Kier alpha value is -2.34. The van der Waals surface area contributed by atoms with Crippen molar-refractivity contribution in [2.45, 2.75) is 13.1 Å². The van der Waals surface area contributed by atoms with E-state index in [0.717, 1.165) is 17.7 Å². The van der Waals surface area contributed by atoms with Crippen molar-refractivity contribution in [3.05, 3.63) is 53.1 Å². The van der Waals surface area contributed by atoms with Crippen LogP contribution in [-0.2, 0) is 13.1 Å². The molecule has 0 amide bonds. The topological polar surface area (TPSA) is 50.7 Å². The monoisotopic (exact) mass is 293 g/mol. The van der Waals surface area contributed by atoms with Gasteiger partial charge >= 0.3 is 0 Å². The van der Waals surface area contributed by atoms with Crippen LogP contribution in [0.3, 0.4) is 0 Å². The highest BCUT2D eigenvalue weighted by molar-refractivity contribution is 5.48. The molecule has 21 heavy (non-hydrogen) atoms. The number of aromatic hydroxyl groups is 1. The minimum atomic E-state index is -0.968. The Labute approximate surface area is 119 Å². The van der Waals surface area contributed by atoms with Crippen molar-refractivity contribution in [3.8, 4) is 17.2 Å². The number of hydrogen-bond donors (Lipinski definition) is 2. The maximum absolute atomic E-state index is 13.2. The molecular formula is C15H13F2NO3. The summed E-state index contributed by atoms with van der Waals surface area (Å²) >= 11 is 0. The molecule has 2 aromatic rings. The second-order valence-corrected chi connectivity index (χ2v) is 4.66. The predicted molar refractivity (Wildman–Crippen MR) is 71.1 cm³/mol. The van der Waals surface area contributed by atoms with Crippen LogP contribution < -0.4 is 14.8 Å². The first-order valence-electron chi connectivity index (χ1n) is 6.40. The lowest BCUT2D eigenvalue weighted by Crippen LogP contribution is -2.13. The highest BCUT2D eigenvalue weighted by atomic mass is 19.1. The Morgan fingerprint density at radius 3 is 2.62 bits per heavy atom. The largest absolute Gasteiger partial charge is 0.503 e. The summed E-state index contributed by atoms with van der Waals surface area (Å²) in [4.78, 5) is 0. The summed E-state index contributed by atoms with van der Waals surface area (Å²) in [5.41, 5.74) is 1.32. The van der Waals surface area contributed by atoms with Gasteiger partial charge in [-0.3, -0.25) is 0 Å². The molecule has 1 aliphatic heterocycles. The van der Waals surface area contributed by atoms with E-state index in [2.05, 4.69) is 5.32 Å². The van der Waals surface area contributed by atoms with Gasteiger partial charge in [-0.1, -0.05) is 12.1 Å². The summed E-state index contributed by atoms with van der Waals surface area (Å²) < 4.78 is 37.1. The SMILES string of the molecule is Oc1c(F)cc(CNCc2cccc3c2OCO3)cc1F. The van der Waals surface area contributed by atoms with Crippen LogP contribution in [-0.4, -0.2) is 11.9 Å². The van der Waals surface area contributed by atoms with Crippen molar-refractivity contribution in [2.75, 3.05) is 6.79 Å². The van der Waals surface area contributed by atoms with Crippen LogP contribution in [0.25, 0.3) is 0 Å². The van der Waals surface area contributed by atoms with Gasteiger partial charge in [-0.25, -0.2) is 8.78 Å². The quantitative estimate of drug-likeness (QED) is 0.910. The molecule has 0 bridgehead atoms. The van der Waals surface area contributed by atoms with Crippen molar-refractivity contribution in [1.29, 1.82) is 0 Å². The standard InChI is InChI=1S/C15H13F2NO3/c16-11-4-9(5-12(17)14(11)19)6-18-7-10-2-1-3-13-15(10)21-8-20-13/h1-5,18-19H,6-8H2. The van der Waals surface area contributed by atoms with Crippen LogP contribution in [0.4, 0.5) is 8.78 Å². The number of ether oxygens (including phenoxy) is 2. The lowest BCUT2D eigenvalue weighted by atomic mass is 10.1. The molecule has 110 valence electrons. The molecule has 3 rings (SSSR count).